The molecule has 1 atom stereocenters. The quantitative estimate of drug-likeness (QED) is 0.830. The van der Waals surface area contributed by atoms with Gasteiger partial charge >= 0.3 is 0 Å². The van der Waals surface area contributed by atoms with Crippen molar-refractivity contribution in [1.29, 1.82) is 0 Å². The minimum absolute atomic E-state index is 0.160. The van der Waals surface area contributed by atoms with Crippen LogP contribution in [-0.4, -0.2) is 27.1 Å². The minimum atomic E-state index is -0.728. The molecule has 112 valence electrons. The van der Waals surface area contributed by atoms with E-state index >= 15 is 0 Å². The van der Waals surface area contributed by atoms with Crippen molar-refractivity contribution in [3.05, 3.63) is 52.0 Å². The second-order valence-corrected chi connectivity index (χ2v) is 6.44. The van der Waals surface area contributed by atoms with Crippen molar-refractivity contribution in [2.45, 2.75) is 12.6 Å². The lowest BCUT2D eigenvalue weighted by Gasteiger charge is -2.23. The van der Waals surface area contributed by atoms with Crippen molar-refractivity contribution in [2.75, 3.05) is 6.54 Å². The molecule has 2 heterocycles. The molecule has 0 aliphatic rings. The molecule has 0 saturated carbocycles. The smallest absolute Gasteiger partial charge is 0.244 e. The van der Waals surface area contributed by atoms with Crippen LogP contribution in [0.4, 0.5) is 0 Å². The number of nitrogens with zero attached hydrogens (tertiary/aromatic N) is 3. The van der Waals surface area contributed by atoms with Gasteiger partial charge in [0.15, 0.2) is 0 Å². The number of aryl methyl sites for hydroxylation is 1. The number of carbonyl (C=O) groups is 1. The van der Waals surface area contributed by atoms with Crippen molar-refractivity contribution in [3.63, 3.8) is 0 Å². The normalized spacial score (nSPS) is 12.1. The van der Waals surface area contributed by atoms with Crippen LogP contribution in [-0.2, 0) is 18.4 Å². The fourth-order valence-corrected chi connectivity index (χ4v) is 3.06. The summed E-state index contributed by atoms with van der Waals surface area (Å²) in [6.45, 7) is 4.59. The van der Waals surface area contributed by atoms with Crippen LogP contribution in [0.3, 0.4) is 0 Å². The van der Waals surface area contributed by atoms with Gasteiger partial charge in [-0.2, -0.15) is 5.10 Å². The molecular formula is C14H17ClN4OS. The Bertz CT molecular complexity index is 636. The van der Waals surface area contributed by atoms with Gasteiger partial charge in [-0.05, 0) is 12.1 Å². The van der Waals surface area contributed by atoms with Gasteiger partial charge in [0.2, 0.25) is 5.91 Å². The highest BCUT2D eigenvalue weighted by atomic mass is 35.5. The predicted molar refractivity (Wildman–Crippen MR) is 85.1 cm³/mol. The first-order valence-corrected chi connectivity index (χ1v) is 7.58. The Hall–Kier alpha value is -1.63. The van der Waals surface area contributed by atoms with E-state index in [0.717, 1.165) is 4.88 Å². The Labute approximate surface area is 132 Å². The average Bonchev–Trinajstić information content (AvgIpc) is 3.05. The molecule has 2 aromatic rings. The fraction of sp³-hybridized carbons (Fsp3) is 0.286. The SMILES string of the molecule is C=CCN(Cc1ccc(Cl)s1)C(=O)C(N)c1cnn(C)c1. The molecule has 0 saturated heterocycles. The van der Waals surface area contributed by atoms with Gasteiger partial charge in [-0.25, -0.2) is 0 Å². The van der Waals surface area contributed by atoms with E-state index in [1.807, 2.05) is 12.1 Å². The standard InChI is InChI=1S/C14H17ClN4OS/c1-3-6-19(9-11-4-5-12(15)21-11)14(20)13(16)10-7-17-18(2)8-10/h3-5,7-8,13H,1,6,9,16H2,2H3. The molecule has 0 bridgehead atoms. The van der Waals surface area contributed by atoms with Gasteiger partial charge < -0.3 is 10.6 Å². The van der Waals surface area contributed by atoms with E-state index in [-0.39, 0.29) is 5.91 Å². The molecule has 0 aliphatic carbocycles. The predicted octanol–water partition coefficient (Wildman–Crippen LogP) is 2.35. The van der Waals surface area contributed by atoms with Crippen LogP contribution < -0.4 is 5.73 Å². The van der Waals surface area contributed by atoms with E-state index in [2.05, 4.69) is 11.7 Å². The average molecular weight is 325 g/mol. The van der Waals surface area contributed by atoms with Crippen LogP contribution in [0.5, 0.6) is 0 Å². The van der Waals surface area contributed by atoms with Crippen molar-refractivity contribution < 1.29 is 4.79 Å². The summed E-state index contributed by atoms with van der Waals surface area (Å²) in [5.74, 6) is -0.160. The molecule has 7 heteroatoms. The van der Waals surface area contributed by atoms with E-state index in [0.29, 0.717) is 23.0 Å². The lowest BCUT2D eigenvalue weighted by Crippen LogP contribution is -2.38. The molecule has 0 aliphatic heterocycles. The van der Waals surface area contributed by atoms with E-state index in [4.69, 9.17) is 17.3 Å². The fourth-order valence-electron chi connectivity index (χ4n) is 1.95. The second kappa shape index (κ2) is 6.89. The van der Waals surface area contributed by atoms with Crippen LogP contribution in [0.2, 0.25) is 4.34 Å². The number of rotatable bonds is 6. The van der Waals surface area contributed by atoms with Gasteiger partial charge in [-0.1, -0.05) is 17.7 Å². The lowest BCUT2D eigenvalue weighted by molar-refractivity contribution is -0.132. The Morgan fingerprint density at radius 2 is 2.43 bits per heavy atom. The second-order valence-electron chi connectivity index (χ2n) is 4.64. The summed E-state index contributed by atoms with van der Waals surface area (Å²) in [4.78, 5) is 15.2. The molecule has 21 heavy (non-hydrogen) atoms. The number of hydrogen-bond donors (Lipinski definition) is 1. The maximum Gasteiger partial charge on any atom is 0.244 e. The first-order valence-electron chi connectivity index (χ1n) is 6.39. The van der Waals surface area contributed by atoms with Crippen LogP contribution in [0.25, 0.3) is 0 Å². The summed E-state index contributed by atoms with van der Waals surface area (Å²) in [7, 11) is 1.79. The van der Waals surface area contributed by atoms with Gasteiger partial charge in [-0.3, -0.25) is 9.48 Å². The maximum absolute atomic E-state index is 12.5. The Morgan fingerprint density at radius 1 is 1.67 bits per heavy atom. The molecular weight excluding hydrogens is 308 g/mol. The molecule has 0 radical (unpaired) electrons. The Morgan fingerprint density at radius 3 is 2.95 bits per heavy atom. The Kier molecular flexibility index (Phi) is 5.17. The van der Waals surface area contributed by atoms with Gasteiger partial charge in [0, 0.05) is 30.2 Å². The highest BCUT2D eigenvalue weighted by Gasteiger charge is 2.23. The molecule has 5 nitrogen and oxygen atoms in total. The first kappa shape index (κ1) is 15.8. The van der Waals surface area contributed by atoms with Crippen LogP contribution >= 0.6 is 22.9 Å². The maximum atomic E-state index is 12.5. The number of thiophene rings is 1. The number of carbonyl (C=O) groups excluding carboxylic acids is 1. The van der Waals surface area contributed by atoms with Crippen molar-refractivity contribution in [1.82, 2.24) is 14.7 Å². The minimum Gasteiger partial charge on any atom is -0.332 e. The van der Waals surface area contributed by atoms with E-state index in [1.165, 1.54) is 11.3 Å². The zero-order chi connectivity index (χ0) is 15.4. The van der Waals surface area contributed by atoms with Crippen LogP contribution in [0.15, 0.2) is 37.2 Å². The third-order valence-electron chi connectivity index (χ3n) is 2.99. The number of amides is 1. The Balaban J connectivity index is 2.12. The van der Waals surface area contributed by atoms with Gasteiger partial charge in [-0.15, -0.1) is 17.9 Å². The first-order chi connectivity index (χ1) is 10.0. The molecule has 2 N–H and O–H groups in total. The topological polar surface area (TPSA) is 64.2 Å². The molecule has 0 aromatic carbocycles. The molecule has 2 rings (SSSR count). The van der Waals surface area contributed by atoms with Crippen molar-refractivity contribution >= 4 is 28.8 Å². The van der Waals surface area contributed by atoms with Crippen LogP contribution in [0, 0.1) is 0 Å². The van der Waals surface area contributed by atoms with Crippen molar-refractivity contribution in [2.24, 2.45) is 12.8 Å². The summed E-state index contributed by atoms with van der Waals surface area (Å²) in [6.07, 6.45) is 5.04. The van der Waals surface area contributed by atoms with Gasteiger partial charge in [0.1, 0.15) is 6.04 Å². The number of aromatic nitrogens is 2. The summed E-state index contributed by atoms with van der Waals surface area (Å²) in [5.41, 5.74) is 6.74. The number of halogens is 1. The van der Waals surface area contributed by atoms with Crippen LogP contribution in [0.1, 0.15) is 16.5 Å². The summed E-state index contributed by atoms with van der Waals surface area (Å²) in [6, 6.07) is 3.00. The number of nitrogens with two attached hydrogens (primary N) is 1. The summed E-state index contributed by atoms with van der Waals surface area (Å²) >= 11 is 7.37. The molecule has 1 unspecified atom stereocenters. The van der Waals surface area contributed by atoms with Gasteiger partial charge in [0.05, 0.1) is 17.1 Å². The highest BCUT2D eigenvalue weighted by Crippen LogP contribution is 2.23. The largest absolute Gasteiger partial charge is 0.332 e. The van der Waals surface area contributed by atoms with E-state index in [1.54, 1.807) is 35.1 Å². The summed E-state index contributed by atoms with van der Waals surface area (Å²) < 4.78 is 2.33. The van der Waals surface area contributed by atoms with Crippen molar-refractivity contribution in [3.8, 4) is 0 Å². The molecule has 2 aromatic heterocycles. The zero-order valence-electron chi connectivity index (χ0n) is 11.7. The third kappa shape index (κ3) is 3.93. The van der Waals surface area contributed by atoms with Gasteiger partial charge in [0.25, 0.3) is 0 Å². The highest BCUT2D eigenvalue weighted by molar-refractivity contribution is 7.16. The molecule has 0 fully saturated rings. The zero-order valence-corrected chi connectivity index (χ0v) is 13.3. The number of hydrogen-bond acceptors (Lipinski definition) is 4. The monoisotopic (exact) mass is 324 g/mol. The molecule has 1 amide bonds. The lowest BCUT2D eigenvalue weighted by atomic mass is 10.1. The molecule has 0 spiro atoms. The third-order valence-corrected chi connectivity index (χ3v) is 4.20. The van der Waals surface area contributed by atoms with E-state index < -0.39 is 6.04 Å². The summed E-state index contributed by atoms with van der Waals surface area (Å²) in [5, 5.41) is 4.04. The van der Waals surface area contributed by atoms with E-state index in [9.17, 15) is 4.79 Å².